The molecule has 0 saturated carbocycles. The van der Waals surface area contributed by atoms with Crippen molar-refractivity contribution >= 4 is 17.2 Å². The molecule has 0 aliphatic heterocycles. The lowest BCUT2D eigenvalue weighted by Gasteiger charge is -2.26. The van der Waals surface area contributed by atoms with Gasteiger partial charge in [-0.15, -0.1) is 11.3 Å². The van der Waals surface area contributed by atoms with Gasteiger partial charge in [0.15, 0.2) is 0 Å². The topological polar surface area (TPSA) is 71.2 Å². The molecular formula is C13H24N4OS. The Labute approximate surface area is 119 Å². The number of hydrogen-bond donors (Lipinski definition) is 2. The molecule has 1 amide bonds. The third-order valence-corrected chi connectivity index (χ3v) is 3.92. The van der Waals surface area contributed by atoms with Crippen molar-refractivity contribution in [3.05, 3.63) is 16.1 Å². The number of nitrogens with zero attached hydrogens (tertiary/aromatic N) is 2. The van der Waals surface area contributed by atoms with Crippen molar-refractivity contribution in [2.45, 2.75) is 45.8 Å². The highest BCUT2D eigenvalue weighted by Gasteiger charge is 2.18. The summed E-state index contributed by atoms with van der Waals surface area (Å²) in [5.74, 6) is 0.0540. The Balaban J connectivity index is 2.54. The molecular weight excluding hydrogens is 260 g/mol. The number of rotatable bonds is 7. The highest BCUT2D eigenvalue weighted by Crippen LogP contribution is 2.16. The Morgan fingerprint density at radius 2 is 2.26 bits per heavy atom. The molecule has 6 heteroatoms. The summed E-state index contributed by atoms with van der Waals surface area (Å²) in [6.07, 6.45) is 0.434. The van der Waals surface area contributed by atoms with Crippen LogP contribution in [-0.2, 0) is 11.3 Å². The van der Waals surface area contributed by atoms with Crippen molar-refractivity contribution in [2.75, 3.05) is 13.6 Å². The normalized spacial score (nSPS) is 13.0. The molecule has 3 N–H and O–H groups in total. The average Bonchev–Trinajstić information content (AvgIpc) is 2.71. The van der Waals surface area contributed by atoms with Crippen LogP contribution in [-0.4, -0.2) is 41.5 Å². The van der Waals surface area contributed by atoms with Crippen molar-refractivity contribution in [1.82, 2.24) is 15.2 Å². The number of hydrogen-bond acceptors (Lipinski definition) is 5. The Bertz CT molecular complexity index is 405. The maximum absolute atomic E-state index is 11.8. The van der Waals surface area contributed by atoms with Crippen molar-refractivity contribution < 1.29 is 4.79 Å². The summed E-state index contributed by atoms with van der Waals surface area (Å²) in [6, 6.07) is 0.222. The van der Waals surface area contributed by atoms with E-state index in [2.05, 4.69) is 15.2 Å². The first-order chi connectivity index (χ1) is 8.93. The van der Waals surface area contributed by atoms with Crippen LogP contribution >= 0.6 is 11.3 Å². The first kappa shape index (κ1) is 16.1. The molecule has 1 atom stereocenters. The van der Waals surface area contributed by atoms with Gasteiger partial charge in [-0.3, -0.25) is 9.69 Å². The molecule has 0 radical (unpaired) electrons. The maximum atomic E-state index is 11.8. The molecule has 0 spiro atoms. The summed E-state index contributed by atoms with van der Waals surface area (Å²) < 4.78 is 0. The van der Waals surface area contributed by atoms with Crippen LogP contribution in [0.15, 0.2) is 5.51 Å². The van der Waals surface area contributed by atoms with Crippen molar-refractivity contribution in [3.63, 3.8) is 0 Å². The number of amides is 1. The third-order valence-electron chi connectivity index (χ3n) is 3.00. The number of carbonyl (C=O) groups excluding carboxylic acids is 1. The minimum atomic E-state index is 0.0540. The second kappa shape index (κ2) is 7.57. The van der Waals surface area contributed by atoms with E-state index in [-0.39, 0.29) is 18.0 Å². The number of aryl methyl sites for hydroxylation is 1. The third kappa shape index (κ3) is 5.26. The average molecular weight is 284 g/mol. The van der Waals surface area contributed by atoms with Crippen LogP contribution in [0.1, 0.15) is 30.8 Å². The first-order valence-electron chi connectivity index (χ1n) is 6.52. The Kier molecular flexibility index (Phi) is 6.41. The van der Waals surface area contributed by atoms with Crippen molar-refractivity contribution in [2.24, 2.45) is 5.73 Å². The van der Waals surface area contributed by atoms with Gasteiger partial charge in [0.25, 0.3) is 0 Å². The van der Waals surface area contributed by atoms with E-state index in [4.69, 9.17) is 5.73 Å². The zero-order valence-corrected chi connectivity index (χ0v) is 13.0. The fourth-order valence-electron chi connectivity index (χ4n) is 1.85. The SMILES string of the molecule is Cc1ncsc1CN(C)C(CN)CC(=O)NC(C)C. The Morgan fingerprint density at radius 3 is 2.74 bits per heavy atom. The van der Waals surface area contributed by atoms with Gasteiger partial charge in [0.05, 0.1) is 11.2 Å². The standard InChI is InChI=1S/C13H24N4OS/c1-9(2)16-13(18)5-11(6-14)17(4)7-12-10(3)15-8-19-12/h8-9,11H,5-7,14H2,1-4H3,(H,16,18). The van der Waals surface area contributed by atoms with E-state index in [9.17, 15) is 4.79 Å². The van der Waals surface area contributed by atoms with Gasteiger partial charge < -0.3 is 11.1 Å². The smallest absolute Gasteiger partial charge is 0.221 e. The molecule has 108 valence electrons. The van der Waals surface area contributed by atoms with E-state index in [1.807, 2.05) is 33.3 Å². The lowest BCUT2D eigenvalue weighted by Crippen LogP contribution is -2.42. The van der Waals surface area contributed by atoms with Gasteiger partial charge in [-0.1, -0.05) is 0 Å². The number of nitrogens with two attached hydrogens (primary N) is 1. The van der Waals surface area contributed by atoms with Gasteiger partial charge in [-0.2, -0.15) is 0 Å². The Hall–Kier alpha value is -0.980. The van der Waals surface area contributed by atoms with Gasteiger partial charge in [-0.05, 0) is 27.8 Å². The molecule has 1 unspecified atom stereocenters. The summed E-state index contributed by atoms with van der Waals surface area (Å²) >= 11 is 1.64. The molecule has 0 fully saturated rings. The van der Waals surface area contributed by atoms with Crippen LogP contribution in [0.2, 0.25) is 0 Å². The van der Waals surface area contributed by atoms with Gasteiger partial charge in [0, 0.05) is 36.5 Å². The Morgan fingerprint density at radius 1 is 1.58 bits per heavy atom. The number of likely N-dealkylation sites (N-methyl/N-ethyl adjacent to an activating group) is 1. The van der Waals surface area contributed by atoms with Crippen LogP contribution in [0.3, 0.4) is 0 Å². The van der Waals surface area contributed by atoms with E-state index in [0.29, 0.717) is 13.0 Å². The first-order valence-corrected chi connectivity index (χ1v) is 7.40. The van der Waals surface area contributed by atoms with E-state index in [0.717, 1.165) is 12.2 Å². The molecule has 0 aromatic carbocycles. The summed E-state index contributed by atoms with van der Waals surface area (Å²) in [5, 5.41) is 2.90. The van der Waals surface area contributed by atoms with Crippen LogP contribution < -0.4 is 11.1 Å². The van der Waals surface area contributed by atoms with Crippen LogP contribution in [0.25, 0.3) is 0 Å². The molecule has 1 aromatic rings. The van der Waals surface area contributed by atoms with Crippen LogP contribution in [0.4, 0.5) is 0 Å². The van der Waals surface area contributed by atoms with Crippen LogP contribution in [0, 0.1) is 6.92 Å². The second-order valence-electron chi connectivity index (χ2n) is 5.09. The predicted octanol–water partition coefficient (Wildman–Crippen LogP) is 1.13. The summed E-state index contributed by atoms with van der Waals surface area (Å²) in [7, 11) is 2.00. The largest absolute Gasteiger partial charge is 0.354 e. The minimum Gasteiger partial charge on any atom is -0.354 e. The minimum absolute atomic E-state index is 0.0540. The highest BCUT2D eigenvalue weighted by atomic mass is 32.1. The lowest BCUT2D eigenvalue weighted by molar-refractivity contribution is -0.122. The predicted molar refractivity (Wildman–Crippen MR) is 79.1 cm³/mol. The maximum Gasteiger partial charge on any atom is 0.221 e. The highest BCUT2D eigenvalue weighted by molar-refractivity contribution is 7.09. The zero-order valence-electron chi connectivity index (χ0n) is 12.1. The van der Waals surface area contributed by atoms with Gasteiger partial charge >= 0.3 is 0 Å². The van der Waals surface area contributed by atoms with Gasteiger partial charge in [0.2, 0.25) is 5.91 Å². The fourth-order valence-corrected chi connectivity index (χ4v) is 2.69. The molecule has 0 aliphatic rings. The van der Waals surface area contributed by atoms with E-state index < -0.39 is 0 Å². The summed E-state index contributed by atoms with van der Waals surface area (Å²) in [6.45, 7) is 7.18. The number of carbonyl (C=O) groups is 1. The monoisotopic (exact) mass is 284 g/mol. The van der Waals surface area contributed by atoms with E-state index in [1.54, 1.807) is 11.3 Å². The zero-order chi connectivity index (χ0) is 14.4. The molecule has 1 heterocycles. The number of nitrogens with one attached hydrogen (secondary N) is 1. The van der Waals surface area contributed by atoms with Crippen molar-refractivity contribution in [3.8, 4) is 0 Å². The fraction of sp³-hybridized carbons (Fsp3) is 0.692. The molecule has 5 nitrogen and oxygen atoms in total. The number of aromatic nitrogens is 1. The molecule has 0 bridgehead atoms. The number of thiazole rings is 1. The molecule has 19 heavy (non-hydrogen) atoms. The quantitative estimate of drug-likeness (QED) is 0.787. The molecule has 0 aliphatic carbocycles. The molecule has 1 rings (SSSR count). The van der Waals surface area contributed by atoms with Gasteiger partial charge in [0.1, 0.15) is 0 Å². The summed E-state index contributed by atoms with van der Waals surface area (Å²) in [4.78, 5) is 19.4. The summed E-state index contributed by atoms with van der Waals surface area (Å²) in [5.41, 5.74) is 8.69. The van der Waals surface area contributed by atoms with E-state index >= 15 is 0 Å². The van der Waals surface area contributed by atoms with Crippen molar-refractivity contribution in [1.29, 1.82) is 0 Å². The van der Waals surface area contributed by atoms with Gasteiger partial charge in [-0.25, -0.2) is 4.98 Å². The second-order valence-corrected chi connectivity index (χ2v) is 6.03. The van der Waals surface area contributed by atoms with Crippen LogP contribution in [0.5, 0.6) is 0 Å². The molecule has 0 saturated heterocycles. The van der Waals surface area contributed by atoms with E-state index in [1.165, 1.54) is 4.88 Å². The molecule has 1 aromatic heterocycles. The lowest BCUT2D eigenvalue weighted by atomic mass is 10.1.